The number of nitrogens with one attached hydrogen (secondary N) is 1. The molecule has 0 radical (unpaired) electrons. The van der Waals surface area contributed by atoms with Crippen molar-refractivity contribution >= 4 is 21.6 Å². The summed E-state index contributed by atoms with van der Waals surface area (Å²) >= 11 is 5.80. The SMILES string of the molecule is CCC(O)[C@@H](CC(C)C)NS(=O)(=O)c1ccc(F)cc1Cl. The molecule has 1 unspecified atom stereocenters. The van der Waals surface area contributed by atoms with Crippen molar-refractivity contribution in [2.45, 2.75) is 50.7 Å². The van der Waals surface area contributed by atoms with Gasteiger partial charge >= 0.3 is 0 Å². The van der Waals surface area contributed by atoms with E-state index in [9.17, 15) is 17.9 Å². The lowest BCUT2D eigenvalue weighted by atomic mass is 9.99. The highest BCUT2D eigenvalue weighted by Gasteiger charge is 2.27. The molecule has 1 aromatic carbocycles. The maximum Gasteiger partial charge on any atom is 0.242 e. The zero-order valence-electron chi connectivity index (χ0n) is 12.3. The minimum Gasteiger partial charge on any atom is -0.391 e. The summed E-state index contributed by atoms with van der Waals surface area (Å²) in [5, 5.41) is 9.79. The Bertz CT molecular complexity index is 578. The van der Waals surface area contributed by atoms with Crippen molar-refractivity contribution in [2.24, 2.45) is 5.92 Å². The number of hydrogen-bond acceptors (Lipinski definition) is 3. The van der Waals surface area contributed by atoms with E-state index in [1.807, 2.05) is 13.8 Å². The molecule has 0 aliphatic heterocycles. The third-order valence-corrected chi connectivity index (χ3v) is 5.07. The molecule has 0 fully saturated rings. The molecule has 4 nitrogen and oxygen atoms in total. The van der Waals surface area contributed by atoms with Gasteiger partial charge in [0.05, 0.1) is 11.1 Å². The molecule has 120 valence electrons. The second-order valence-electron chi connectivity index (χ2n) is 5.41. The minimum atomic E-state index is -3.92. The van der Waals surface area contributed by atoms with E-state index < -0.39 is 28.0 Å². The first kappa shape index (κ1) is 18.4. The van der Waals surface area contributed by atoms with Gasteiger partial charge in [-0.15, -0.1) is 0 Å². The number of rotatable bonds is 7. The van der Waals surface area contributed by atoms with Crippen LogP contribution in [0, 0.1) is 11.7 Å². The van der Waals surface area contributed by atoms with Crippen LogP contribution in [0.2, 0.25) is 5.02 Å². The van der Waals surface area contributed by atoms with E-state index in [2.05, 4.69) is 4.72 Å². The van der Waals surface area contributed by atoms with Crippen molar-refractivity contribution < 1.29 is 17.9 Å². The highest BCUT2D eigenvalue weighted by molar-refractivity contribution is 7.89. The van der Waals surface area contributed by atoms with Crippen molar-refractivity contribution in [1.82, 2.24) is 4.72 Å². The van der Waals surface area contributed by atoms with Crippen LogP contribution in [0.4, 0.5) is 4.39 Å². The Morgan fingerprint density at radius 3 is 2.48 bits per heavy atom. The van der Waals surface area contributed by atoms with Crippen LogP contribution < -0.4 is 4.72 Å². The molecule has 2 atom stereocenters. The van der Waals surface area contributed by atoms with Crippen molar-refractivity contribution in [3.63, 3.8) is 0 Å². The summed E-state index contributed by atoms with van der Waals surface area (Å²) in [6, 6.07) is 2.49. The molecule has 0 saturated heterocycles. The van der Waals surface area contributed by atoms with Gasteiger partial charge in [-0.25, -0.2) is 17.5 Å². The number of aliphatic hydroxyl groups is 1. The fourth-order valence-corrected chi connectivity index (χ4v) is 3.85. The zero-order valence-corrected chi connectivity index (χ0v) is 13.9. The molecule has 1 rings (SSSR count). The predicted molar refractivity (Wildman–Crippen MR) is 81.3 cm³/mol. The molecule has 21 heavy (non-hydrogen) atoms. The first-order valence-corrected chi connectivity index (χ1v) is 8.69. The Hall–Kier alpha value is -0.690. The molecule has 0 heterocycles. The van der Waals surface area contributed by atoms with Crippen LogP contribution >= 0.6 is 11.6 Å². The molecule has 2 N–H and O–H groups in total. The molecule has 0 amide bonds. The van der Waals surface area contributed by atoms with Gasteiger partial charge in [-0.05, 0) is 37.0 Å². The summed E-state index contributed by atoms with van der Waals surface area (Å²) < 4.78 is 40.2. The second-order valence-corrected chi connectivity index (χ2v) is 7.50. The number of halogens is 2. The van der Waals surface area contributed by atoms with E-state index >= 15 is 0 Å². The lowest BCUT2D eigenvalue weighted by molar-refractivity contribution is 0.123. The van der Waals surface area contributed by atoms with Crippen molar-refractivity contribution in [2.75, 3.05) is 0 Å². The molecule has 0 saturated carbocycles. The molecule has 0 aliphatic rings. The Balaban J connectivity index is 3.05. The lowest BCUT2D eigenvalue weighted by Crippen LogP contribution is -2.43. The van der Waals surface area contributed by atoms with Crippen molar-refractivity contribution in [3.8, 4) is 0 Å². The second kappa shape index (κ2) is 7.54. The van der Waals surface area contributed by atoms with Crippen molar-refractivity contribution in [1.29, 1.82) is 0 Å². The van der Waals surface area contributed by atoms with Gasteiger partial charge in [-0.3, -0.25) is 0 Å². The van der Waals surface area contributed by atoms with Gasteiger partial charge in [0.1, 0.15) is 10.7 Å². The van der Waals surface area contributed by atoms with E-state index in [0.29, 0.717) is 12.8 Å². The summed E-state index contributed by atoms with van der Waals surface area (Å²) in [7, 11) is -3.92. The third kappa shape index (κ3) is 5.21. The van der Waals surface area contributed by atoms with Gasteiger partial charge in [-0.2, -0.15) is 0 Å². The van der Waals surface area contributed by atoms with E-state index in [-0.39, 0.29) is 15.8 Å². The molecular weight excluding hydrogens is 317 g/mol. The summed E-state index contributed by atoms with van der Waals surface area (Å²) in [6.45, 7) is 5.65. The quantitative estimate of drug-likeness (QED) is 0.804. The van der Waals surface area contributed by atoms with Gasteiger partial charge in [0, 0.05) is 6.04 Å². The Morgan fingerprint density at radius 1 is 1.38 bits per heavy atom. The fourth-order valence-electron chi connectivity index (χ4n) is 2.03. The molecular formula is C14H21ClFNO3S. The maximum absolute atomic E-state index is 13.0. The number of hydrogen-bond donors (Lipinski definition) is 2. The molecule has 0 bridgehead atoms. The maximum atomic E-state index is 13.0. The smallest absolute Gasteiger partial charge is 0.242 e. The molecule has 7 heteroatoms. The summed E-state index contributed by atoms with van der Waals surface area (Å²) in [4.78, 5) is -0.192. The third-order valence-electron chi connectivity index (χ3n) is 3.10. The van der Waals surface area contributed by atoms with Crippen LogP contribution in [0.1, 0.15) is 33.6 Å². The van der Waals surface area contributed by atoms with Gasteiger partial charge < -0.3 is 5.11 Å². The highest BCUT2D eigenvalue weighted by atomic mass is 35.5. The minimum absolute atomic E-state index is 0.184. The summed E-state index contributed by atoms with van der Waals surface area (Å²) in [5.74, 6) is -0.395. The first-order chi connectivity index (χ1) is 9.67. The van der Waals surface area contributed by atoms with E-state index in [0.717, 1.165) is 18.2 Å². The summed E-state index contributed by atoms with van der Waals surface area (Å²) in [6.07, 6.45) is 0.130. The van der Waals surface area contributed by atoms with Gasteiger partial charge in [0.15, 0.2) is 0 Å². The molecule has 0 spiro atoms. The van der Waals surface area contributed by atoms with E-state index in [4.69, 9.17) is 11.6 Å². The van der Waals surface area contributed by atoms with Gasteiger partial charge in [-0.1, -0.05) is 32.4 Å². The topological polar surface area (TPSA) is 66.4 Å². The Morgan fingerprint density at radius 2 is 2.00 bits per heavy atom. The van der Waals surface area contributed by atoms with Crippen LogP contribution in [0.25, 0.3) is 0 Å². The number of benzene rings is 1. The van der Waals surface area contributed by atoms with Crippen LogP contribution in [0.5, 0.6) is 0 Å². The molecule has 0 aromatic heterocycles. The van der Waals surface area contributed by atoms with Crippen LogP contribution in [-0.4, -0.2) is 25.7 Å². The number of sulfonamides is 1. The highest BCUT2D eigenvalue weighted by Crippen LogP contribution is 2.23. The molecule has 0 aliphatic carbocycles. The van der Waals surface area contributed by atoms with E-state index in [1.54, 1.807) is 6.92 Å². The fraction of sp³-hybridized carbons (Fsp3) is 0.571. The monoisotopic (exact) mass is 337 g/mol. The van der Waals surface area contributed by atoms with Crippen LogP contribution in [-0.2, 0) is 10.0 Å². The first-order valence-electron chi connectivity index (χ1n) is 6.82. The van der Waals surface area contributed by atoms with Gasteiger partial charge in [0.2, 0.25) is 10.0 Å². The lowest BCUT2D eigenvalue weighted by Gasteiger charge is -2.25. The van der Waals surface area contributed by atoms with E-state index in [1.165, 1.54) is 0 Å². The summed E-state index contributed by atoms with van der Waals surface area (Å²) in [5.41, 5.74) is 0. The van der Waals surface area contributed by atoms with Gasteiger partial charge in [0.25, 0.3) is 0 Å². The predicted octanol–water partition coefficient (Wildman–Crippen LogP) is 2.94. The molecule has 1 aromatic rings. The average molecular weight is 338 g/mol. The van der Waals surface area contributed by atoms with Crippen LogP contribution in [0.15, 0.2) is 23.1 Å². The standard InChI is InChI=1S/C14H21ClFNO3S/c1-4-13(18)12(7-9(2)3)17-21(19,20)14-6-5-10(16)8-11(14)15/h5-6,8-9,12-13,17-18H,4,7H2,1-3H3/t12-,13?/m1/s1. The zero-order chi connectivity index (χ0) is 16.2. The average Bonchev–Trinajstić information content (AvgIpc) is 2.35. The normalized spacial score (nSPS) is 15.2. The van der Waals surface area contributed by atoms with Crippen LogP contribution in [0.3, 0.4) is 0 Å². The number of aliphatic hydroxyl groups excluding tert-OH is 1. The Kier molecular flexibility index (Phi) is 6.59. The Labute approximate surface area is 130 Å². The van der Waals surface area contributed by atoms with Crippen molar-refractivity contribution in [3.05, 3.63) is 29.0 Å². The largest absolute Gasteiger partial charge is 0.391 e.